The van der Waals surface area contributed by atoms with E-state index in [4.69, 9.17) is 9.47 Å². The van der Waals surface area contributed by atoms with E-state index in [1.54, 1.807) is 0 Å². The molecule has 22 heavy (non-hydrogen) atoms. The number of ether oxygens (including phenoxy) is 2. The fourth-order valence-corrected chi connectivity index (χ4v) is 2.24. The van der Waals surface area contributed by atoms with Crippen LogP contribution in [0, 0.1) is 5.82 Å². The van der Waals surface area contributed by atoms with Crippen LogP contribution in [0.2, 0.25) is 0 Å². The summed E-state index contributed by atoms with van der Waals surface area (Å²) in [5, 5.41) is 6.31. The van der Waals surface area contributed by atoms with Crippen LogP contribution in [0.4, 0.5) is 4.39 Å². The molecule has 1 aliphatic heterocycles. The Hall–Kier alpha value is -1.09. The predicted molar refractivity (Wildman–Crippen MR) is 95.5 cm³/mol. The fraction of sp³-hybridized carbons (Fsp3) is 0.533. The molecule has 1 aliphatic rings. The van der Waals surface area contributed by atoms with E-state index in [1.807, 2.05) is 13.8 Å². The number of aliphatic imine (C=N–C) groups is 1. The SMILES string of the molecule is CCNC(=NCCc1cc(F)cc2c1OCOC2)NCC.I. The molecule has 1 aromatic carbocycles. The second kappa shape index (κ2) is 9.83. The molecular weight excluding hydrogens is 400 g/mol. The van der Waals surface area contributed by atoms with Crippen LogP contribution in [0.25, 0.3) is 0 Å². The lowest BCUT2D eigenvalue weighted by molar-refractivity contribution is -0.0172. The van der Waals surface area contributed by atoms with Crippen molar-refractivity contribution in [3.8, 4) is 5.75 Å². The first-order valence-electron chi connectivity index (χ1n) is 7.28. The molecule has 7 heteroatoms. The average molecular weight is 423 g/mol. The van der Waals surface area contributed by atoms with Crippen molar-refractivity contribution in [2.24, 2.45) is 4.99 Å². The highest BCUT2D eigenvalue weighted by Crippen LogP contribution is 2.29. The molecule has 2 N–H and O–H groups in total. The molecule has 0 saturated heterocycles. The minimum Gasteiger partial charge on any atom is -0.467 e. The third-order valence-electron chi connectivity index (χ3n) is 3.09. The molecule has 0 radical (unpaired) electrons. The summed E-state index contributed by atoms with van der Waals surface area (Å²) >= 11 is 0. The van der Waals surface area contributed by atoms with E-state index in [2.05, 4.69) is 15.6 Å². The summed E-state index contributed by atoms with van der Waals surface area (Å²) in [6.45, 7) is 6.82. The highest BCUT2D eigenvalue weighted by atomic mass is 127. The van der Waals surface area contributed by atoms with Gasteiger partial charge in [-0.05, 0) is 38.0 Å². The van der Waals surface area contributed by atoms with Crippen molar-refractivity contribution in [2.45, 2.75) is 26.9 Å². The molecule has 124 valence electrons. The van der Waals surface area contributed by atoms with Gasteiger partial charge in [-0.3, -0.25) is 4.99 Å². The van der Waals surface area contributed by atoms with E-state index in [0.29, 0.717) is 19.6 Å². The number of hydrogen-bond donors (Lipinski definition) is 2. The van der Waals surface area contributed by atoms with Gasteiger partial charge in [-0.2, -0.15) is 0 Å². The normalized spacial score (nSPS) is 12.5. The summed E-state index contributed by atoms with van der Waals surface area (Å²) < 4.78 is 24.3. The monoisotopic (exact) mass is 423 g/mol. The van der Waals surface area contributed by atoms with Crippen LogP contribution < -0.4 is 15.4 Å². The fourth-order valence-electron chi connectivity index (χ4n) is 2.24. The van der Waals surface area contributed by atoms with E-state index < -0.39 is 0 Å². The van der Waals surface area contributed by atoms with E-state index in [9.17, 15) is 4.39 Å². The summed E-state index contributed by atoms with van der Waals surface area (Å²) in [7, 11) is 0. The molecule has 2 rings (SSSR count). The molecular formula is C15H23FIN3O2. The number of nitrogens with zero attached hydrogens (tertiary/aromatic N) is 1. The van der Waals surface area contributed by atoms with Gasteiger partial charge in [0.15, 0.2) is 12.8 Å². The molecule has 0 spiro atoms. The zero-order valence-corrected chi connectivity index (χ0v) is 15.3. The van der Waals surface area contributed by atoms with Crippen LogP contribution in [0.5, 0.6) is 5.75 Å². The van der Waals surface area contributed by atoms with Gasteiger partial charge in [0, 0.05) is 25.2 Å². The molecule has 1 aromatic rings. The largest absolute Gasteiger partial charge is 0.467 e. The van der Waals surface area contributed by atoms with Gasteiger partial charge in [0.1, 0.15) is 11.6 Å². The Labute approximate surface area is 147 Å². The first-order valence-corrected chi connectivity index (χ1v) is 7.28. The summed E-state index contributed by atoms with van der Waals surface area (Å²) in [4.78, 5) is 4.46. The molecule has 0 aromatic heterocycles. The highest BCUT2D eigenvalue weighted by molar-refractivity contribution is 14.0. The Bertz CT molecular complexity index is 504. The van der Waals surface area contributed by atoms with Crippen LogP contribution in [-0.2, 0) is 17.8 Å². The Kier molecular flexibility index (Phi) is 8.47. The van der Waals surface area contributed by atoms with Gasteiger partial charge < -0.3 is 20.1 Å². The lowest BCUT2D eigenvalue weighted by Crippen LogP contribution is -2.37. The maximum atomic E-state index is 13.6. The van der Waals surface area contributed by atoms with E-state index in [0.717, 1.165) is 35.9 Å². The second-order valence-electron chi connectivity index (χ2n) is 4.70. The van der Waals surface area contributed by atoms with E-state index in [-0.39, 0.29) is 36.6 Å². The molecule has 1 heterocycles. The Morgan fingerprint density at radius 2 is 2.00 bits per heavy atom. The lowest BCUT2D eigenvalue weighted by atomic mass is 10.1. The van der Waals surface area contributed by atoms with Crippen molar-refractivity contribution in [3.05, 3.63) is 29.1 Å². The van der Waals surface area contributed by atoms with Crippen molar-refractivity contribution >= 4 is 29.9 Å². The van der Waals surface area contributed by atoms with E-state index in [1.165, 1.54) is 12.1 Å². The Morgan fingerprint density at radius 3 is 2.68 bits per heavy atom. The predicted octanol–water partition coefficient (Wildman–Crippen LogP) is 2.43. The zero-order valence-electron chi connectivity index (χ0n) is 12.9. The van der Waals surface area contributed by atoms with Crippen molar-refractivity contribution in [1.29, 1.82) is 0 Å². The summed E-state index contributed by atoms with van der Waals surface area (Å²) in [6, 6.07) is 2.98. The maximum Gasteiger partial charge on any atom is 0.191 e. The van der Waals surface area contributed by atoms with Gasteiger partial charge in [0.05, 0.1) is 6.61 Å². The first kappa shape index (κ1) is 19.0. The highest BCUT2D eigenvalue weighted by Gasteiger charge is 2.16. The van der Waals surface area contributed by atoms with Crippen LogP contribution in [-0.4, -0.2) is 32.4 Å². The summed E-state index contributed by atoms with van der Waals surface area (Å²) in [5.41, 5.74) is 1.60. The second-order valence-corrected chi connectivity index (χ2v) is 4.70. The number of rotatable bonds is 5. The summed E-state index contributed by atoms with van der Waals surface area (Å²) in [6.07, 6.45) is 0.625. The van der Waals surface area contributed by atoms with E-state index >= 15 is 0 Å². The first-order chi connectivity index (χ1) is 10.2. The van der Waals surface area contributed by atoms with Gasteiger partial charge in [0.2, 0.25) is 0 Å². The maximum absolute atomic E-state index is 13.6. The average Bonchev–Trinajstić information content (AvgIpc) is 2.47. The van der Waals surface area contributed by atoms with Gasteiger partial charge in [0.25, 0.3) is 0 Å². The number of halogens is 2. The minimum absolute atomic E-state index is 0. The van der Waals surface area contributed by atoms with Crippen molar-refractivity contribution in [1.82, 2.24) is 10.6 Å². The third kappa shape index (κ3) is 5.28. The molecule has 0 fully saturated rings. The third-order valence-corrected chi connectivity index (χ3v) is 3.09. The Balaban J connectivity index is 0.00000242. The summed E-state index contributed by atoms with van der Waals surface area (Å²) in [5.74, 6) is 1.25. The van der Waals surface area contributed by atoms with Crippen molar-refractivity contribution < 1.29 is 13.9 Å². The number of hydrogen-bond acceptors (Lipinski definition) is 3. The van der Waals surface area contributed by atoms with Crippen LogP contribution in [0.3, 0.4) is 0 Å². The quantitative estimate of drug-likeness (QED) is 0.434. The standard InChI is InChI=1S/C15H22FN3O2.HI/c1-3-17-15(18-4-2)19-6-5-11-7-13(16)8-12-9-20-10-21-14(11)12;/h7-8H,3-6,9-10H2,1-2H3,(H2,17,18,19);1H. The van der Waals surface area contributed by atoms with Gasteiger partial charge >= 0.3 is 0 Å². The minimum atomic E-state index is -0.264. The molecule has 0 amide bonds. The topological polar surface area (TPSA) is 54.9 Å². The molecule has 0 unspecified atom stereocenters. The van der Waals surface area contributed by atoms with Gasteiger partial charge in [-0.25, -0.2) is 4.39 Å². The number of benzene rings is 1. The smallest absolute Gasteiger partial charge is 0.191 e. The van der Waals surface area contributed by atoms with Crippen LogP contribution in [0.1, 0.15) is 25.0 Å². The molecule has 0 atom stereocenters. The Morgan fingerprint density at radius 1 is 1.27 bits per heavy atom. The molecule has 0 aliphatic carbocycles. The lowest BCUT2D eigenvalue weighted by Gasteiger charge is -2.20. The van der Waals surface area contributed by atoms with Crippen molar-refractivity contribution in [3.63, 3.8) is 0 Å². The zero-order chi connectivity index (χ0) is 15.1. The molecule has 5 nitrogen and oxygen atoms in total. The number of guanidine groups is 1. The van der Waals surface area contributed by atoms with Gasteiger partial charge in [-0.1, -0.05) is 0 Å². The molecule has 0 saturated carbocycles. The number of nitrogens with one attached hydrogen (secondary N) is 2. The number of fused-ring (bicyclic) bond motifs is 1. The van der Waals surface area contributed by atoms with Crippen LogP contribution >= 0.6 is 24.0 Å². The van der Waals surface area contributed by atoms with Crippen molar-refractivity contribution in [2.75, 3.05) is 26.4 Å². The van der Waals surface area contributed by atoms with Crippen LogP contribution in [0.15, 0.2) is 17.1 Å². The van der Waals surface area contributed by atoms with Gasteiger partial charge in [-0.15, -0.1) is 24.0 Å². The molecule has 0 bridgehead atoms.